The van der Waals surface area contributed by atoms with Gasteiger partial charge >= 0.3 is 0 Å². The van der Waals surface area contributed by atoms with Gasteiger partial charge in [-0.3, -0.25) is 4.98 Å². The van der Waals surface area contributed by atoms with Crippen LogP contribution in [0.2, 0.25) is 0 Å². The number of aryl methyl sites for hydroxylation is 1. The van der Waals surface area contributed by atoms with Crippen LogP contribution in [-0.2, 0) is 12.8 Å². The van der Waals surface area contributed by atoms with E-state index in [0.717, 1.165) is 24.1 Å². The SMILES string of the molecule is CCc1c[nH]c2c(CC(C)c3c[nH]c4ccncc34)cc(OC)cc12. The second-order valence-electron chi connectivity index (χ2n) is 6.65. The Morgan fingerprint density at radius 3 is 2.80 bits per heavy atom. The van der Waals surface area contributed by atoms with Gasteiger partial charge in [0.25, 0.3) is 0 Å². The molecule has 4 heteroatoms. The molecule has 0 aliphatic carbocycles. The Morgan fingerprint density at radius 1 is 1.12 bits per heavy atom. The lowest BCUT2D eigenvalue weighted by Crippen LogP contribution is -1.99. The van der Waals surface area contributed by atoms with Crippen molar-refractivity contribution >= 4 is 21.8 Å². The average Bonchev–Trinajstić information content (AvgIpc) is 3.25. The molecule has 1 unspecified atom stereocenters. The van der Waals surface area contributed by atoms with Gasteiger partial charge in [-0.1, -0.05) is 13.8 Å². The van der Waals surface area contributed by atoms with Crippen LogP contribution in [0.4, 0.5) is 0 Å². The van der Waals surface area contributed by atoms with E-state index in [2.05, 4.69) is 53.3 Å². The first-order chi connectivity index (χ1) is 12.2. The zero-order valence-corrected chi connectivity index (χ0v) is 14.9. The number of hydrogen-bond acceptors (Lipinski definition) is 2. The molecule has 128 valence electrons. The van der Waals surface area contributed by atoms with Gasteiger partial charge in [-0.2, -0.15) is 0 Å². The molecule has 0 fully saturated rings. The highest BCUT2D eigenvalue weighted by Crippen LogP contribution is 2.33. The summed E-state index contributed by atoms with van der Waals surface area (Å²) >= 11 is 0. The molecule has 25 heavy (non-hydrogen) atoms. The lowest BCUT2D eigenvalue weighted by atomic mass is 9.92. The third-order valence-corrected chi connectivity index (χ3v) is 5.12. The summed E-state index contributed by atoms with van der Waals surface area (Å²) in [6.45, 7) is 4.45. The highest BCUT2D eigenvalue weighted by molar-refractivity contribution is 5.88. The van der Waals surface area contributed by atoms with Crippen molar-refractivity contribution in [3.8, 4) is 5.75 Å². The molecular formula is C21H23N3O. The molecule has 0 saturated carbocycles. The number of aromatic amines is 2. The smallest absolute Gasteiger partial charge is 0.119 e. The Morgan fingerprint density at radius 2 is 2.00 bits per heavy atom. The van der Waals surface area contributed by atoms with Crippen LogP contribution in [0.25, 0.3) is 21.8 Å². The molecule has 2 N–H and O–H groups in total. The number of nitrogens with one attached hydrogen (secondary N) is 2. The second-order valence-corrected chi connectivity index (χ2v) is 6.65. The zero-order valence-electron chi connectivity index (χ0n) is 14.9. The van der Waals surface area contributed by atoms with E-state index in [-0.39, 0.29) is 0 Å². The maximum absolute atomic E-state index is 5.54. The van der Waals surface area contributed by atoms with Gasteiger partial charge in [-0.15, -0.1) is 0 Å². The number of nitrogens with zero attached hydrogens (tertiary/aromatic N) is 1. The molecule has 3 aromatic heterocycles. The summed E-state index contributed by atoms with van der Waals surface area (Å²) in [5, 5.41) is 2.47. The van der Waals surface area contributed by atoms with Gasteiger partial charge in [0.2, 0.25) is 0 Å². The minimum atomic E-state index is 0.377. The van der Waals surface area contributed by atoms with E-state index in [4.69, 9.17) is 4.74 Å². The van der Waals surface area contributed by atoms with Crippen molar-refractivity contribution < 1.29 is 4.74 Å². The van der Waals surface area contributed by atoms with E-state index < -0.39 is 0 Å². The van der Waals surface area contributed by atoms with Crippen molar-refractivity contribution in [3.05, 3.63) is 59.7 Å². The predicted molar refractivity (Wildman–Crippen MR) is 102 cm³/mol. The van der Waals surface area contributed by atoms with Crippen molar-refractivity contribution in [2.24, 2.45) is 0 Å². The number of hydrogen-bond donors (Lipinski definition) is 2. The first kappa shape index (κ1) is 15.8. The summed E-state index contributed by atoms with van der Waals surface area (Å²) in [4.78, 5) is 11.1. The Kier molecular flexibility index (Phi) is 3.96. The monoisotopic (exact) mass is 333 g/mol. The number of rotatable bonds is 5. The molecule has 0 spiro atoms. The van der Waals surface area contributed by atoms with Crippen molar-refractivity contribution in [2.75, 3.05) is 7.11 Å². The number of fused-ring (bicyclic) bond motifs is 2. The normalized spacial score (nSPS) is 12.8. The molecule has 0 aliphatic rings. The van der Waals surface area contributed by atoms with Crippen LogP contribution in [-0.4, -0.2) is 22.1 Å². The molecule has 0 amide bonds. The summed E-state index contributed by atoms with van der Waals surface area (Å²) < 4.78 is 5.54. The van der Waals surface area contributed by atoms with Crippen LogP contribution in [0.5, 0.6) is 5.75 Å². The molecule has 4 nitrogen and oxygen atoms in total. The maximum atomic E-state index is 5.54. The summed E-state index contributed by atoms with van der Waals surface area (Å²) in [6, 6.07) is 6.31. The van der Waals surface area contributed by atoms with Crippen LogP contribution < -0.4 is 4.74 Å². The van der Waals surface area contributed by atoms with E-state index in [1.165, 1.54) is 33.0 Å². The van der Waals surface area contributed by atoms with Crippen LogP contribution in [0, 0.1) is 0 Å². The molecule has 1 aromatic carbocycles. The highest BCUT2D eigenvalue weighted by Gasteiger charge is 2.16. The maximum Gasteiger partial charge on any atom is 0.119 e. The number of aromatic nitrogens is 3. The van der Waals surface area contributed by atoms with E-state index in [0.29, 0.717) is 5.92 Å². The van der Waals surface area contributed by atoms with Gasteiger partial charge in [0, 0.05) is 46.6 Å². The van der Waals surface area contributed by atoms with Gasteiger partial charge < -0.3 is 14.7 Å². The largest absolute Gasteiger partial charge is 0.497 e. The fourth-order valence-corrected chi connectivity index (χ4v) is 3.74. The van der Waals surface area contributed by atoms with Gasteiger partial charge in [0.15, 0.2) is 0 Å². The number of pyridine rings is 1. The number of benzene rings is 1. The second kappa shape index (κ2) is 6.28. The molecule has 4 aromatic rings. The first-order valence-electron chi connectivity index (χ1n) is 8.79. The van der Waals surface area contributed by atoms with Crippen molar-refractivity contribution in [2.45, 2.75) is 32.6 Å². The minimum absolute atomic E-state index is 0.377. The van der Waals surface area contributed by atoms with E-state index in [1.54, 1.807) is 7.11 Å². The summed E-state index contributed by atoms with van der Waals surface area (Å²) in [5.41, 5.74) is 6.29. The lowest BCUT2D eigenvalue weighted by molar-refractivity contribution is 0.415. The Labute approximate surface area is 147 Å². The van der Waals surface area contributed by atoms with Gasteiger partial charge in [0.05, 0.1) is 7.11 Å². The fraction of sp³-hybridized carbons (Fsp3) is 0.286. The molecule has 0 radical (unpaired) electrons. The van der Waals surface area contributed by atoms with Gasteiger partial charge in [-0.25, -0.2) is 0 Å². The van der Waals surface area contributed by atoms with Crippen molar-refractivity contribution in [3.63, 3.8) is 0 Å². The molecule has 1 atom stereocenters. The molecule has 0 bridgehead atoms. The molecule has 0 saturated heterocycles. The zero-order chi connectivity index (χ0) is 17.4. The number of methoxy groups -OCH3 is 1. The topological polar surface area (TPSA) is 53.7 Å². The third kappa shape index (κ3) is 2.68. The third-order valence-electron chi connectivity index (χ3n) is 5.12. The average molecular weight is 333 g/mol. The number of H-pyrrole nitrogens is 2. The summed E-state index contributed by atoms with van der Waals surface area (Å²) in [6.07, 6.45) is 9.96. The summed E-state index contributed by atoms with van der Waals surface area (Å²) in [7, 11) is 1.73. The molecular weight excluding hydrogens is 310 g/mol. The first-order valence-corrected chi connectivity index (χ1v) is 8.79. The predicted octanol–water partition coefficient (Wildman–Crippen LogP) is 4.96. The van der Waals surface area contributed by atoms with E-state index in [1.807, 2.05) is 18.5 Å². The van der Waals surface area contributed by atoms with E-state index in [9.17, 15) is 0 Å². The molecule has 3 heterocycles. The lowest BCUT2D eigenvalue weighted by Gasteiger charge is -2.13. The summed E-state index contributed by atoms with van der Waals surface area (Å²) in [5.74, 6) is 1.30. The molecule has 4 rings (SSSR count). The van der Waals surface area contributed by atoms with Crippen LogP contribution in [0.15, 0.2) is 43.0 Å². The van der Waals surface area contributed by atoms with Crippen LogP contribution in [0.1, 0.15) is 36.5 Å². The Hall–Kier alpha value is -2.75. The van der Waals surface area contributed by atoms with Crippen LogP contribution in [0.3, 0.4) is 0 Å². The van der Waals surface area contributed by atoms with E-state index >= 15 is 0 Å². The van der Waals surface area contributed by atoms with Crippen LogP contribution >= 0.6 is 0 Å². The minimum Gasteiger partial charge on any atom is -0.497 e. The van der Waals surface area contributed by atoms with Crippen molar-refractivity contribution in [1.29, 1.82) is 0 Å². The fourth-order valence-electron chi connectivity index (χ4n) is 3.74. The Bertz CT molecular complexity index is 1030. The standard InChI is InChI=1S/C21H23N3O/c1-4-14-10-24-21-15(8-16(25-3)9-17(14)21)7-13(2)18-12-23-20-5-6-22-11-19(18)20/h5-6,8-13,23-24H,4,7H2,1-3H3. The van der Waals surface area contributed by atoms with Gasteiger partial charge in [-0.05, 0) is 53.6 Å². The Balaban J connectivity index is 1.76. The molecule has 0 aliphatic heterocycles. The highest BCUT2D eigenvalue weighted by atomic mass is 16.5. The quantitative estimate of drug-likeness (QED) is 0.542. The van der Waals surface area contributed by atoms with Gasteiger partial charge in [0.1, 0.15) is 5.75 Å². The number of ether oxygens (including phenoxy) is 1. The van der Waals surface area contributed by atoms with Crippen molar-refractivity contribution in [1.82, 2.24) is 15.0 Å².